The van der Waals surface area contributed by atoms with E-state index in [9.17, 15) is 19.2 Å². The van der Waals surface area contributed by atoms with Gasteiger partial charge in [-0.25, -0.2) is 0 Å². The highest BCUT2D eigenvalue weighted by Crippen LogP contribution is 2.44. The number of fused-ring (bicyclic) bond motifs is 1. The van der Waals surface area contributed by atoms with Crippen LogP contribution in [-0.4, -0.2) is 72.7 Å². The van der Waals surface area contributed by atoms with Gasteiger partial charge in [0.15, 0.2) is 0 Å². The Hall–Kier alpha value is -2.46. The summed E-state index contributed by atoms with van der Waals surface area (Å²) in [5.74, 6) is -1.92. The van der Waals surface area contributed by atoms with Gasteiger partial charge in [-0.3, -0.25) is 19.2 Å². The van der Waals surface area contributed by atoms with Gasteiger partial charge in [-0.15, -0.1) is 0 Å². The van der Waals surface area contributed by atoms with Crippen molar-refractivity contribution in [2.24, 2.45) is 10.8 Å². The number of carbonyl (C=O) groups is 4. The molecule has 0 amide bonds. The van der Waals surface area contributed by atoms with E-state index in [-0.39, 0.29) is 19.4 Å². The molecule has 0 aromatic carbocycles. The van der Waals surface area contributed by atoms with Crippen LogP contribution in [0, 0.1) is 10.8 Å². The van der Waals surface area contributed by atoms with Crippen LogP contribution >= 0.6 is 0 Å². The first kappa shape index (κ1) is 30.8. The summed E-state index contributed by atoms with van der Waals surface area (Å²) < 4.78 is 35.1. The van der Waals surface area contributed by atoms with Crippen molar-refractivity contribution in [1.82, 2.24) is 0 Å². The van der Waals surface area contributed by atoms with Gasteiger partial charge in [0.05, 0.1) is 16.9 Å². The predicted molar refractivity (Wildman–Crippen MR) is 132 cm³/mol. The topological polar surface area (TPSA) is 124 Å². The smallest absolute Gasteiger partial charge is 0.311 e. The van der Waals surface area contributed by atoms with E-state index in [0.717, 1.165) is 0 Å². The van der Waals surface area contributed by atoms with E-state index in [1.165, 1.54) is 19.9 Å². The van der Waals surface area contributed by atoms with Gasteiger partial charge in [-0.1, -0.05) is 6.58 Å². The van der Waals surface area contributed by atoms with Crippen molar-refractivity contribution in [2.45, 2.75) is 117 Å². The highest BCUT2D eigenvalue weighted by atomic mass is 16.6. The van der Waals surface area contributed by atoms with E-state index in [0.29, 0.717) is 0 Å². The molecule has 0 radical (unpaired) electrons. The molecule has 2 fully saturated rings. The van der Waals surface area contributed by atoms with Gasteiger partial charge < -0.3 is 28.4 Å². The molecule has 7 atom stereocenters. The van der Waals surface area contributed by atoms with Gasteiger partial charge in [-0.05, 0) is 54.5 Å². The standard InChI is InChI=1S/C27H42O10/c1-11-17(33-15(2)28)18-12-21(34-16(3)29)27(10)22(35-18)13-19(36-24(31)26(7,8)9)20(37-27)14-32-23(30)25(4,5)6/h11,17-22H,1,12-14H2,2-10H3/t17?,18-,19-,20+,21-,22+,27-/m0/s1. The molecule has 37 heavy (non-hydrogen) atoms. The van der Waals surface area contributed by atoms with Crippen molar-refractivity contribution in [3.05, 3.63) is 12.7 Å². The van der Waals surface area contributed by atoms with Crippen LogP contribution in [0.4, 0.5) is 0 Å². The first-order valence-electron chi connectivity index (χ1n) is 12.6. The first-order chi connectivity index (χ1) is 16.9. The maximum atomic E-state index is 12.8. The molecule has 10 nitrogen and oxygen atoms in total. The molecular weight excluding hydrogens is 484 g/mol. The number of hydrogen-bond acceptors (Lipinski definition) is 10. The lowest BCUT2D eigenvalue weighted by Crippen LogP contribution is -2.68. The second-order valence-corrected chi connectivity index (χ2v) is 11.9. The van der Waals surface area contributed by atoms with Gasteiger partial charge in [0, 0.05) is 26.7 Å². The minimum Gasteiger partial charge on any atom is -0.462 e. The van der Waals surface area contributed by atoms with E-state index in [1.54, 1.807) is 48.5 Å². The Morgan fingerprint density at radius 1 is 0.973 bits per heavy atom. The number of ether oxygens (including phenoxy) is 6. The molecule has 2 saturated heterocycles. The number of hydrogen-bond donors (Lipinski definition) is 0. The Labute approximate surface area is 219 Å². The fourth-order valence-electron chi connectivity index (χ4n) is 4.26. The number of esters is 4. The molecule has 0 N–H and O–H groups in total. The summed E-state index contributed by atoms with van der Waals surface area (Å²) in [7, 11) is 0. The second kappa shape index (κ2) is 11.5. The van der Waals surface area contributed by atoms with Gasteiger partial charge in [0.1, 0.15) is 42.7 Å². The van der Waals surface area contributed by atoms with Gasteiger partial charge in [-0.2, -0.15) is 0 Å². The van der Waals surface area contributed by atoms with Gasteiger partial charge in [0.25, 0.3) is 0 Å². The normalized spacial score (nSPS) is 30.8. The quantitative estimate of drug-likeness (QED) is 0.277. The molecule has 0 aromatic heterocycles. The van der Waals surface area contributed by atoms with Gasteiger partial charge in [0.2, 0.25) is 0 Å². The third kappa shape index (κ3) is 7.77. The van der Waals surface area contributed by atoms with E-state index in [4.69, 9.17) is 28.4 Å². The lowest BCUT2D eigenvalue weighted by molar-refractivity contribution is -0.312. The van der Waals surface area contributed by atoms with Crippen LogP contribution in [0.15, 0.2) is 12.7 Å². The summed E-state index contributed by atoms with van der Waals surface area (Å²) in [4.78, 5) is 48.9. The molecule has 0 bridgehead atoms. The zero-order valence-electron chi connectivity index (χ0n) is 23.5. The summed E-state index contributed by atoms with van der Waals surface area (Å²) in [6, 6.07) is 0. The molecular formula is C27H42O10. The molecule has 0 spiro atoms. The summed E-state index contributed by atoms with van der Waals surface area (Å²) >= 11 is 0. The molecule has 210 valence electrons. The molecule has 2 rings (SSSR count). The number of rotatable bonds is 7. The molecule has 2 aliphatic heterocycles. The molecule has 0 saturated carbocycles. The molecule has 2 heterocycles. The van der Waals surface area contributed by atoms with Crippen molar-refractivity contribution in [2.75, 3.05) is 6.61 Å². The van der Waals surface area contributed by atoms with Crippen LogP contribution in [0.5, 0.6) is 0 Å². The van der Waals surface area contributed by atoms with Gasteiger partial charge >= 0.3 is 23.9 Å². The Morgan fingerprint density at radius 2 is 1.57 bits per heavy atom. The highest BCUT2D eigenvalue weighted by molar-refractivity contribution is 5.76. The van der Waals surface area contributed by atoms with Crippen LogP contribution in [-0.2, 0) is 47.6 Å². The van der Waals surface area contributed by atoms with Crippen LogP contribution in [0.1, 0.15) is 75.2 Å². The third-order valence-electron chi connectivity index (χ3n) is 6.40. The highest BCUT2D eigenvalue weighted by Gasteiger charge is 2.58. The van der Waals surface area contributed by atoms with Crippen LogP contribution in [0.3, 0.4) is 0 Å². The first-order valence-corrected chi connectivity index (χ1v) is 12.6. The van der Waals surface area contributed by atoms with E-state index in [2.05, 4.69) is 6.58 Å². The fourth-order valence-corrected chi connectivity index (χ4v) is 4.26. The zero-order chi connectivity index (χ0) is 28.3. The minimum absolute atomic E-state index is 0.164. The van der Waals surface area contributed by atoms with Crippen molar-refractivity contribution in [3.63, 3.8) is 0 Å². The average Bonchev–Trinajstić information content (AvgIpc) is 2.74. The Bertz CT molecular complexity index is 883. The van der Waals surface area contributed by atoms with Crippen molar-refractivity contribution in [1.29, 1.82) is 0 Å². The maximum Gasteiger partial charge on any atom is 0.311 e. The van der Waals surface area contributed by atoms with Crippen LogP contribution < -0.4 is 0 Å². The Kier molecular flexibility index (Phi) is 9.57. The summed E-state index contributed by atoms with van der Waals surface area (Å²) in [6.45, 7) is 18.3. The Balaban J connectivity index is 2.41. The van der Waals surface area contributed by atoms with Crippen LogP contribution in [0.25, 0.3) is 0 Å². The van der Waals surface area contributed by atoms with E-state index < -0.39 is 76.9 Å². The lowest BCUT2D eigenvalue weighted by Gasteiger charge is -2.54. The molecule has 2 aliphatic rings. The maximum absolute atomic E-state index is 12.8. The predicted octanol–water partition coefficient (Wildman–Crippen LogP) is 3.29. The summed E-state index contributed by atoms with van der Waals surface area (Å²) in [5, 5.41) is 0. The molecule has 0 aliphatic carbocycles. The largest absolute Gasteiger partial charge is 0.462 e. The van der Waals surface area contributed by atoms with Crippen LogP contribution in [0.2, 0.25) is 0 Å². The second-order valence-electron chi connectivity index (χ2n) is 11.9. The van der Waals surface area contributed by atoms with Crippen molar-refractivity contribution < 1.29 is 47.6 Å². The molecule has 0 aromatic rings. The van der Waals surface area contributed by atoms with Crippen molar-refractivity contribution >= 4 is 23.9 Å². The summed E-state index contributed by atoms with van der Waals surface area (Å²) in [5.41, 5.74) is -2.68. The summed E-state index contributed by atoms with van der Waals surface area (Å²) in [6.07, 6.45) is -2.82. The minimum atomic E-state index is -1.16. The Morgan fingerprint density at radius 3 is 2.05 bits per heavy atom. The number of carbonyl (C=O) groups excluding carboxylic acids is 4. The third-order valence-corrected chi connectivity index (χ3v) is 6.40. The lowest BCUT2D eigenvalue weighted by atomic mass is 9.78. The van der Waals surface area contributed by atoms with E-state index >= 15 is 0 Å². The average molecular weight is 527 g/mol. The monoisotopic (exact) mass is 526 g/mol. The van der Waals surface area contributed by atoms with E-state index in [1.807, 2.05) is 0 Å². The fraction of sp³-hybridized carbons (Fsp3) is 0.778. The molecule has 1 unspecified atom stereocenters. The zero-order valence-corrected chi connectivity index (χ0v) is 23.5. The van der Waals surface area contributed by atoms with Crippen molar-refractivity contribution in [3.8, 4) is 0 Å². The SMILES string of the molecule is C=CC(OC(C)=O)[C@@H]1C[C@H](OC(C)=O)[C@]2(C)O[C@H](COC(=O)C(C)(C)C)[C@@H](OC(=O)C(C)(C)C)C[C@H]2O1. The molecule has 10 heteroatoms.